The van der Waals surface area contributed by atoms with Crippen LogP contribution in [0.25, 0.3) is 16.9 Å². The van der Waals surface area contributed by atoms with Crippen LogP contribution in [0.4, 0.5) is 4.39 Å². The van der Waals surface area contributed by atoms with E-state index in [2.05, 4.69) is 4.98 Å². The first kappa shape index (κ1) is 13.7. The largest absolute Gasteiger partial charge is 0.478 e. The van der Waals surface area contributed by atoms with E-state index >= 15 is 0 Å². The number of benzene rings is 1. The third-order valence-electron chi connectivity index (χ3n) is 3.19. The monoisotopic (exact) mass is 300 g/mol. The lowest BCUT2D eigenvalue weighted by Crippen LogP contribution is -2.00. The zero-order valence-electron chi connectivity index (χ0n) is 11.0. The van der Waals surface area contributed by atoms with Gasteiger partial charge in [-0.2, -0.15) is 0 Å². The smallest absolute Gasteiger partial charge is 0.356 e. The molecule has 110 valence electrons. The Morgan fingerprint density at radius 1 is 1.00 bits per heavy atom. The van der Waals surface area contributed by atoms with Gasteiger partial charge in [-0.05, 0) is 36.4 Å². The van der Waals surface area contributed by atoms with E-state index < -0.39 is 17.8 Å². The van der Waals surface area contributed by atoms with Crippen LogP contribution in [-0.2, 0) is 0 Å². The molecule has 0 amide bonds. The number of nitrogens with zero attached hydrogens (tertiary/aromatic N) is 2. The van der Waals surface area contributed by atoms with Gasteiger partial charge in [-0.1, -0.05) is 0 Å². The average molecular weight is 300 g/mol. The number of carboxylic acids is 2. The van der Waals surface area contributed by atoms with Crippen molar-refractivity contribution in [2.24, 2.45) is 0 Å². The number of carbonyl (C=O) groups is 2. The predicted octanol–water partition coefficient (Wildman–Crippen LogP) is 2.54. The van der Waals surface area contributed by atoms with Crippen LogP contribution >= 0.6 is 0 Å². The van der Waals surface area contributed by atoms with Crippen LogP contribution in [0.2, 0.25) is 0 Å². The van der Waals surface area contributed by atoms with Crippen molar-refractivity contribution in [1.82, 2.24) is 9.38 Å². The van der Waals surface area contributed by atoms with Crippen molar-refractivity contribution in [3.8, 4) is 11.4 Å². The molecule has 0 aliphatic heterocycles. The summed E-state index contributed by atoms with van der Waals surface area (Å²) in [4.78, 5) is 26.4. The Morgan fingerprint density at radius 2 is 1.68 bits per heavy atom. The maximum atomic E-state index is 13.0. The molecule has 6 nitrogen and oxygen atoms in total. The number of fused-ring (bicyclic) bond motifs is 1. The van der Waals surface area contributed by atoms with E-state index in [0.29, 0.717) is 5.56 Å². The molecular weight excluding hydrogens is 291 g/mol. The van der Waals surface area contributed by atoms with Gasteiger partial charge in [-0.25, -0.2) is 19.0 Å². The minimum atomic E-state index is -1.23. The van der Waals surface area contributed by atoms with Crippen LogP contribution in [0.15, 0.2) is 42.6 Å². The summed E-state index contributed by atoms with van der Waals surface area (Å²) in [7, 11) is 0. The van der Waals surface area contributed by atoms with Crippen molar-refractivity contribution in [2.45, 2.75) is 0 Å². The van der Waals surface area contributed by atoms with Crippen LogP contribution < -0.4 is 0 Å². The highest BCUT2D eigenvalue weighted by Gasteiger charge is 2.19. The lowest BCUT2D eigenvalue weighted by atomic mass is 10.2. The van der Waals surface area contributed by atoms with Crippen LogP contribution in [0.3, 0.4) is 0 Å². The van der Waals surface area contributed by atoms with Gasteiger partial charge in [0.25, 0.3) is 0 Å². The van der Waals surface area contributed by atoms with Gasteiger partial charge in [0.1, 0.15) is 11.6 Å². The maximum Gasteiger partial charge on any atom is 0.356 e. The second kappa shape index (κ2) is 4.96. The fourth-order valence-electron chi connectivity index (χ4n) is 2.17. The molecule has 0 unspecified atom stereocenters. The molecule has 0 fully saturated rings. The summed E-state index contributed by atoms with van der Waals surface area (Å²) in [6.45, 7) is 0. The third-order valence-corrected chi connectivity index (χ3v) is 3.19. The number of aromatic carboxylic acids is 2. The lowest BCUT2D eigenvalue weighted by Gasteiger charge is -2.03. The number of rotatable bonds is 3. The van der Waals surface area contributed by atoms with Crippen molar-refractivity contribution in [3.63, 3.8) is 0 Å². The predicted molar refractivity (Wildman–Crippen MR) is 74.5 cm³/mol. The van der Waals surface area contributed by atoms with Crippen molar-refractivity contribution < 1.29 is 24.2 Å². The second-order valence-corrected chi connectivity index (χ2v) is 4.57. The molecular formula is C15H9FN2O4. The molecule has 2 heterocycles. The first-order valence-electron chi connectivity index (χ1n) is 6.22. The number of imidazole rings is 1. The van der Waals surface area contributed by atoms with E-state index in [4.69, 9.17) is 5.11 Å². The fourth-order valence-corrected chi connectivity index (χ4v) is 2.17. The zero-order valence-corrected chi connectivity index (χ0v) is 11.0. The summed E-state index contributed by atoms with van der Waals surface area (Å²) >= 11 is 0. The van der Waals surface area contributed by atoms with E-state index in [0.717, 1.165) is 0 Å². The SMILES string of the molecule is O=C(O)c1ccc2c(C(=O)O)nc(-c3ccc(F)cc3)n2c1. The molecule has 0 saturated carbocycles. The average Bonchev–Trinajstić information content (AvgIpc) is 2.87. The highest BCUT2D eigenvalue weighted by atomic mass is 19.1. The summed E-state index contributed by atoms with van der Waals surface area (Å²) in [5.41, 5.74) is 0.532. The Hall–Kier alpha value is -3.22. The molecule has 1 aromatic carbocycles. The van der Waals surface area contributed by atoms with Gasteiger partial charge in [-0.15, -0.1) is 0 Å². The summed E-state index contributed by atoms with van der Waals surface area (Å²) < 4.78 is 14.4. The molecule has 0 saturated heterocycles. The van der Waals surface area contributed by atoms with Gasteiger partial charge in [0.2, 0.25) is 0 Å². The number of halogens is 1. The van der Waals surface area contributed by atoms with Crippen molar-refractivity contribution >= 4 is 17.5 Å². The molecule has 2 aromatic heterocycles. The minimum absolute atomic E-state index is 0.00907. The molecule has 0 aliphatic carbocycles. The summed E-state index contributed by atoms with van der Waals surface area (Å²) in [6, 6.07) is 8.02. The Morgan fingerprint density at radius 3 is 2.27 bits per heavy atom. The van der Waals surface area contributed by atoms with Crippen LogP contribution in [0, 0.1) is 5.82 Å². The summed E-state index contributed by atoms with van der Waals surface area (Å²) in [5.74, 6) is -2.57. The molecule has 7 heteroatoms. The summed E-state index contributed by atoms with van der Waals surface area (Å²) in [6.07, 6.45) is 1.29. The number of hydrogen-bond acceptors (Lipinski definition) is 3. The van der Waals surface area contributed by atoms with Gasteiger partial charge < -0.3 is 10.2 Å². The van der Waals surface area contributed by atoms with Gasteiger partial charge in [0.05, 0.1) is 11.1 Å². The topological polar surface area (TPSA) is 91.9 Å². The minimum Gasteiger partial charge on any atom is -0.478 e. The van der Waals surface area contributed by atoms with E-state index in [1.807, 2.05) is 0 Å². The van der Waals surface area contributed by atoms with Crippen LogP contribution in [-0.4, -0.2) is 31.5 Å². The Labute approximate surface area is 123 Å². The molecule has 3 rings (SSSR count). The first-order chi connectivity index (χ1) is 10.5. The zero-order chi connectivity index (χ0) is 15.9. The van der Waals surface area contributed by atoms with Gasteiger partial charge in [-0.3, -0.25) is 4.40 Å². The normalized spacial score (nSPS) is 10.8. The molecule has 0 atom stereocenters. The highest BCUT2D eigenvalue weighted by molar-refractivity contribution is 5.96. The second-order valence-electron chi connectivity index (χ2n) is 4.57. The van der Waals surface area contributed by atoms with Crippen molar-refractivity contribution in [2.75, 3.05) is 0 Å². The molecule has 0 aliphatic rings. The van der Waals surface area contributed by atoms with Crippen molar-refractivity contribution in [3.05, 3.63) is 59.7 Å². The Balaban J connectivity index is 2.32. The standard InChI is InChI=1S/C15H9FN2O4/c16-10-4-1-8(2-5-10)13-17-12(15(21)22)11-6-3-9(14(19)20)7-18(11)13/h1-7H,(H,19,20)(H,21,22). The Kier molecular flexibility index (Phi) is 3.10. The molecule has 22 heavy (non-hydrogen) atoms. The number of aromatic nitrogens is 2. The van der Waals surface area contributed by atoms with Crippen LogP contribution in [0.1, 0.15) is 20.8 Å². The molecule has 2 N–H and O–H groups in total. The van der Waals surface area contributed by atoms with E-state index in [-0.39, 0.29) is 22.6 Å². The molecule has 0 bridgehead atoms. The van der Waals surface area contributed by atoms with Gasteiger partial charge in [0.15, 0.2) is 5.69 Å². The number of pyridine rings is 1. The van der Waals surface area contributed by atoms with E-state index in [9.17, 15) is 19.1 Å². The van der Waals surface area contributed by atoms with Gasteiger partial charge >= 0.3 is 11.9 Å². The lowest BCUT2D eigenvalue weighted by molar-refractivity contribution is 0.0685. The summed E-state index contributed by atoms with van der Waals surface area (Å²) in [5, 5.41) is 18.3. The fraction of sp³-hybridized carbons (Fsp3) is 0. The van der Waals surface area contributed by atoms with E-state index in [1.54, 1.807) is 0 Å². The highest BCUT2D eigenvalue weighted by Crippen LogP contribution is 2.24. The maximum absolute atomic E-state index is 13.0. The Bertz CT molecular complexity index is 900. The molecule has 0 spiro atoms. The number of hydrogen-bond donors (Lipinski definition) is 2. The first-order valence-corrected chi connectivity index (χ1v) is 6.22. The van der Waals surface area contributed by atoms with Crippen molar-refractivity contribution in [1.29, 1.82) is 0 Å². The van der Waals surface area contributed by atoms with Crippen LogP contribution in [0.5, 0.6) is 0 Å². The van der Waals surface area contributed by atoms with Gasteiger partial charge in [0, 0.05) is 11.8 Å². The molecule has 0 radical (unpaired) electrons. The van der Waals surface area contributed by atoms with E-state index in [1.165, 1.54) is 47.0 Å². The quantitative estimate of drug-likeness (QED) is 0.775. The molecule has 3 aromatic rings. The number of carboxylic acid groups (broad SMARTS) is 2. The third kappa shape index (κ3) is 2.18.